The molecule has 0 saturated heterocycles. The fraction of sp³-hybridized carbons (Fsp3) is 0.269. The number of ether oxygens (including phenoxy) is 3. The SMILES string of the molecule is CC(=O)[O-].CCOc1ccc([S+](c2ccc(OCC)cc2)c2ccc(OCC)cc2)cc1. The zero-order valence-electron chi connectivity index (χ0n) is 19.0. The first-order valence-electron chi connectivity index (χ1n) is 10.6. The zero-order chi connectivity index (χ0) is 23.3. The van der Waals surface area contributed by atoms with E-state index in [0.717, 1.165) is 24.2 Å². The van der Waals surface area contributed by atoms with Gasteiger partial charge in [0, 0.05) is 5.97 Å². The second-order valence-corrected chi connectivity index (χ2v) is 8.54. The summed E-state index contributed by atoms with van der Waals surface area (Å²) in [5.41, 5.74) is 0. The Morgan fingerprint density at radius 2 is 0.844 bits per heavy atom. The predicted octanol–water partition coefficient (Wildman–Crippen LogP) is 4.73. The van der Waals surface area contributed by atoms with Crippen molar-refractivity contribution in [3.8, 4) is 17.2 Å². The molecule has 0 heterocycles. The number of carboxylic acids is 1. The summed E-state index contributed by atoms with van der Waals surface area (Å²) in [5, 5.41) is 8.89. The van der Waals surface area contributed by atoms with E-state index in [9.17, 15) is 0 Å². The van der Waals surface area contributed by atoms with E-state index in [0.29, 0.717) is 19.8 Å². The van der Waals surface area contributed by atoms with Crippen molar-refractivity contribution in [2.24, 2.45) is 0 Å². The highest BCUT2D eigenvalue weighted by molar-refractivity contribution is 7.97. The normalized spacial score (nSPS) is 10.2. The number of hydrogen-bond donors (Lipinski definition) is 0. The van der Waals surface area contributed by atoms with Gasteiger partial charge in [-0.05, 0) is 100 Å². The molecule has 0 amide bonds. The topological polar surface area (TPSA) is 67.8 Å². The van der Waals surface area contributed by atoms with Crippen molar-refractivity contribution < 1.29 is 24.1 Å². The second-order valence-electron chi connectivity index (χ2n) is 6.51. The van der Waals surface area contributed by atoms with E-state index in [4.69, 9.17) is 24.1 Å². The van der Waals surface area contributed by atoms with Crippen molar-refractivity contribution in [1.82, 2.24) is 0 Å². The van der Waals surface area contributed by atoms with Crippen molar-refractivity contribution >= 4 is 16.9 Å². The number of benzene rings is 3. The van der Waals surface area contributed by atoms with E-state index in [-0.39, 0.29) is 10.9 Å². The Bertz CT molecular complexity index is 816. The van der Waals surface area contributed by atoms with E-state index in [1.165, 1.54) is 14.7 Å². The molecule has 3 aromatic rings. The van der Waals surface area contributed by atoms with E-state index < -0.39 is 5.97 Å². The van der Waals surface area contributed by atoms with Crippen LogP contribution in [-0.4, -0.2) is 25.8 Å². The molecule has 0 saturated carbocycles. The van der Waals surface area contributed by atoms with Crippen molar-refractivity contribution in [1.29, 1.82) is 0 Å². The molecular weight excluding hydrogens is 424 g/mol. The summed E-state index contributed by atoms with van der Waals surface area (Å²) < 4.78 is 16.8. The van der Waals surface area contributed by atoms with Crippen LogP contribution in [-0.2, 0) is 15.7 Å². The van der Waals surface area contributed by atoms with Crippen LogP contribution in [0.5, 0.6) is 17.2 Å². The van der Waals surface area contributed by atoms with Crippen molar-refractivity contribution in [3.63, 3.8) is 0 Å². The van der Waals surface area contributed by atoms with Gasteiger partial charge in [0.25, 0.3) is 0 Å². The minimum absolute atomic E-state index is 0.218. The molecule has 0 unspecified atom stereocenters. The fourth-order valence-electron chi connectivity index (χ4n) is 2.92. The lowest BCUT2D eigenvalue weighted by Crippen LogP contribution is -2.16. The summed E-state index contributed by atoms with van der Waals surface area (Å²) >= 11 is 0. The Hall–Kier alpha value is -3.12. The monoisotopic (exact) mass is 454 g/mol. The highest BCUT2D eigenvalue weighted by Gasteiger charge is 2.28. The lowest BCUT2D eigenvalue weighted by atomic mass is 10.3. The molecule has 0 radical (unpaired) electrons. The Morgan fingerprint density at radius 3 is 1.03 bits per heavy atom. The highest BCUT2D eigenvalue weighted by atomic mass is 32.2. The number of hydrogen-bond acceptors (Lipinski definition) is 5. The van der Waals surface area contributed by atoms with Crippen LogP contribution < -0.4 is 19.3 Å². The highest BCUT2D eigenvalue weighted by Crippen LogP contribution is 2.34. The van der Waals surface area contributed by atoms with E-state index >= 15 is 0 Å². The number of carbonyl (C=O) groups excluding carboxylic acids is 1. The third-order valence-electron chi connectivity index (χ3n) is 4.11. The summed E-state index contributed by atoms with van der Waals surface area (Å²) in [6, 6.07) is 25.2. The van der Waals surface area contributed by atoms with Gasteiger partial charge in [-0.15, -0.1) is 0 Å². The minimum atomic E-state index is -1.08. The molecule has 3 rings (SSSR count). The average molecular weight is 455 g/mol. The van der Waals surface area contributed by atoms with Gasteiger partial charge in [0.15, 0.2) is 14.7 Å². The van der Waals surface area contributed by atoms with Gasteiger partial charge in [-0.3, -0.25) is 0 Å². The van der Waals surface area contributed by atoms with Crippen LogP contribution in [0.15, 0.2) is 87.5 Å². The van der Waals surface area contributed by atoms with Gasteiger partial charge < -0.3 is 24.1 Å². The summed E-state index contributed by atoms with van der Waals surface area (Å²) in [6.07, 6.45) is 0. The Kier molecular flexibility index (Phi) is 10.5. The number of aliphatic carboxylic acids is 1. The first-order valence-corrected chi connectivity index (χ1v) is 11.8. The molecule has 0 atom stereocenters. The van der Waals surface area contributed by atoms with Gasteiger partial charge >= 0.3 is 0 Å². The van der Waals surface area contributed by atoms with Crippen LogP contribution in [0, 0.1) is 0 Å². The van der Waals surface area contributed by atoms with Crippen LogP contribution in [0.2, 0.25) is 0 Å². The van der Waals surface area contributed by atoms with Crippen molar-refractivity contribution in [2.45, 2.75) is 42.4 Å². The molecule has 6 heteroatoms. The van der Waals surface area contributed by atoms with Crippen molar-refractivity contribution in [2.75, 3.05) is 19.8 Å². The Balaban J connectivity index is 0.000000837. The molecule has 0 aliphatic rings. The molecule has 0 aromatic heterocycles. The smallest absolute Gasteiger partial charge is 0.166 e. The summed E-state index contributed by atoms with van der Waals surface area (Å²) in [4.78, 5) is 12.6. The van der Waals surface area contributed by atoms with Crippen LogP contribution in [0.3, 0.4) is 0 Å². The van der Waals surface area contributed by atoms with Gasteiger partial charge in [-0.1, -0.05) is 0 Å². The summed E-state index contributed by atoms with van der Waals surface area (Å²) in [5.74, 6) is 1.61. The lowest BCUT2D eigenvalue weighted by Gasteiger charge is -2.11. The molecule has 3 aromatic carbocycles. The predicted molar refractivity (Wildman–Crippen MR) is 126 cm³/mol. The molecular formula is C26H30O5S. The van der Waals surface area contributed by atoms with Gasteiger partial charge in [-0.25, -0.2) is 0 Å². The van der Waals surface area contributed by atoms with Crippen LogP contribution in [0.25, 0.3) is 0 Å². The largest absolute Gasteiger partial charge is 0.550 e. The summed E-state index contributed by atoms with van der Waals surface area (Å²) in [7, 11) is -0.218. The average Bonchev–Trinajstić information content (AvgIpc) is 2.78. The quantitative estimate of drug-likeness (QED) is 0.437. The van der Waals surface area contributed by atoms with Gasteiger partial charge in [0.05, 0.1) is 30.7 Å². The fourth-order valence-corrected chi connectivity index (χ4v) is 4.97. The van der Waals surface area contributed by atoms with Crippen molar-refractivity contribution in [3.05, 3.63) is 72.8 Å². The Labute approximate surface area is 193 Å². The van der Waals surface area contributed by atoms with E-state index in [1.807, 2.05) is 57.2 Å². The lowest BCUT2D eigenvalue weighted by molar-refractivity contribution is -0.302. The number of carbonyl (C=O) groups is 1. The van der Waals surface area contributed by atoms with Gasteiger partial charge in [-0.2, -0.15) is 0 Å². The standard InChI is InChI=1S/C24H27O3S.C2H4O2/c1-4-25-19-7-13-22(14-8-19)28(23-15-9-20(10-16-23)26-5-2)24-17-11-21(12-18-24)27-6-3;1-2(3)4/h7-18H,4-6H2,1-3H3;1H3,(H,3,4)/q+1;/p-1. The maximum Gasteiger partial charge on any atom is 0.166 e. The molecule has 0 bridgehead atoms. The maximum absolute atomic E-state index is 8.89. The third kappa shape index (κ3) is 7.85. The molecule has 0 aliphatic heterocycles. The van der Waals surface area contributed by atoms with Gasteiger partial charge in [0.1, 0.15) is 17.2 Å². The molecule has 0 fully saturated rings. The minimum Gasteiger partial charge on any atom is -0.550 e. The third-order valence-corrected chi connectivity index (χ3v) is 6.34. The van der Waals surface area contributed by atoms with Crippen LogP contribution in [0.1, 0.15) is 27.7 Å². The second kappa shape index (κ2) is 13.3. The number of rotatable bonds is 9. The number of carboxylic acid groups (broad SMARTS) is 1. The molecule has 5 nitrogen and oxygen atoms in total. The molecule has 170 valence electrons. The molecule has 0 N–H and O–H groups in total. The summed E-state index contributed by atoms with van der Waals surface area (Å²) in [6.45, 7) is 8.98. The molecule has 0 spiro atoms. The first-order chi connectivity index (χ1) is 15.5. The van der Waals surface area contributed by atoms with E-state index in [2.05, 4.69) is 36.4 Å². The van der Waals surface area contributed by atoms with Crippen LogP contribution in [0.4, 0.5) is 0 Å². The Morgan fingerprint density at radius 1 is 0.625 bits per heavy atom. The van der Waals surface area contributed by atoms with Crippen LogP contribution >= 0.6 is 0 Å². The van der Waals surface area contributed by atoms with Gasteiger partial charge in [0.2, 0.25) is 0 Å². The van der Waals surface area contributed by atoms with E-state index in [1.54, 1.807) is 0 Å². The zero-order valence-corrected chi connectivity index (χ0v) is 19.8. The maximum atomic E-state index is 8.89. The molecule has 0 aliphatic carbocycles. The first kappa shape index (κ1) is 25.1. The molecule has 32 heavy (non-hydrogen) atoms.